The molecule has 0 bridgehead atoms. The van der Waals surface area contributed by atoms with E-state index in [-0.39, 0.29) is 11.8 Å². The summed E-state index contributed by atoms with van der Waals surface area (Å²) in [6.45, 7) is 2.12. The molecule has 5 nitrogen and oxygen atoms in total. The smallest absolute Gasteiger partial charge is 0.224 e. The number of hydrogen-bond donors (Lipinski definition) is 1. The summed E-state index contributed by atoms with van der Waals surface area (Å²) >= 11 is 0. The van der Waals surface area contributed by atoms with Crippen LogP contribution >= 0.6 is 0 Å². The molecule has 1 fully saturated rings. The molecule has 1 heterocycles. The number of carbonyl (C=O) groups is 1. The van der Waals surface area contributed by atoms with E-state index in [1.165, 1.54) is 11.1 Å². The summed E-state index contributed by atoms with van der Waals surface area (Å²) in [5.41, 5.74) is 3.61. The number of benzene rings is 3. The molecule has 0 aromatic heterocycles. The van der Waals surface area contributed by atoms with Gasteiger partial charge < -0.3 is 14.8 Å². The Morgan fingerprint density at radius 2 is 1.74 bits per heavy atom. The van der Waals surface area contributed by atoms with Crippen molar-refractivity contribution in [2.24, 2.45) is 5.92 Å². The maximum atomic E-state index is 13.1. The van der Waals surface area contributed by atoms with Crippen molar-refractivity contribution < 1.29 is 14.3 Å². The Morgan fingerprint density at radius 3 is 2.53 bits per heavy atom. The van der Waals surface area contributed by atoms with E-state index in [1.807, 2.05) is 36.4 Å². The summed E-state index contributed by atoms with van der Waals surface area (Å²) in [4.78, 5) is 15.5. The third-order valence-electron chi connectivity index (χ3n) is 6.65. The number of hydrogen-bond acceptors (Lipinski definition) is 4. The Kier molecular flexibility index (Phi) is 8.21. The topological polar surface area (TPSA) is 50.8 Å². The monoisotopic (exact) mass is 458 g/mol. The fraction of sp³-hybridized carbons (Fsp3) is 0.345. The second-order valence-corrected chi connectivity index (χ2v) is 8.83. The van der Waals surface area contributed by atoms with E-state index >= 15 is 0 Å². The van der Waals surface area contributed by atoms with Crippen LogP contribution in [0, 0.1) is 5.92 Å². The van der Waals surface area contributed by atoms with Crippen LogP contribution in [0.3, 0.4) is 0 Å². The Balaban J connectivity index is 1.42. The van der Waals surface area contributed by atoms with Gasteiger partial charge in [-0.3, -0.25) is 9.69 Å². The number of rotatable bonds is 9. The first-order chi connectivity index (χ1) is 16.7. The van der Waals surface area contributed by atoms with Gasteiger partial charge in [-0.2, -0.15) is 0 Å². The first kappa shape index (κ1) is 23.8. The lowest BCUT2D eigenvalue weighted by molar-refractivity contribution is -0.127. The lowest BCUT2D eigenvalue weighted by Crippen LogP contribution is -2.44. The van der Waals surface area contributed by atoms with Gasteiger partial charge in [-0.05, 0) is 54.2 Å². The molecule has 1 saturated heterocycles. The van der Waals surface area contributed by atoms with Gasteiger partial charge in [0.05, 0.1) is 20.1 Å². The van der Waals surface area contributed by atoms with E-state index in [0.717, 1.165) is 49.4 Å². The summed E-state index contributed by atoms with van der Waals surface area (Å²) < 4.78 is 10.9. The minimum absolute atomic E-state index is 0.0248. The predicted molar refractivity (Wildman–Crippen MR) is 135 cm³/mol. The van der Waals surface area contributed by atoms with Crippen LogP contribution in [0.25, 0.3) is 0 Å². The lowest BCUT2D eigenvalue weighted by atomic mass is 9.88. The van der Waals surface area contributed by atoms with Crippen LogP contribution in [0.15, 0.2) is 78.9 Å². The molecule has 2 unspecified atom stereocenters. The zero-order valence-electron chi connectivity index (χ0n) is 20.1. The number of piperidine rings is 1. The van der Waals surface area contributed by atoms with Crippen molar-refractivity contribution in [2.75, 3.05) is 27.3 Å². The van der Waals surface area contributed by atoms with Crippen LogP contribution in [0.1, 0.15) is 35.6 Å². The molecule has 0 saturated carbocycles. The summed E-state index contributed by atoms with van der Waals surface area (Å²) in [6.07, 6.45) is 2.59. The molecule has 34 heavy (non-hydrogen) atoms. The summed E-state index contributed by atoms with van der Waals surface area (Å²) in [5, 5.41) is 3.17. The Hall–Kier alpha value is -3.31. The molecule has 0 radical (unpaired) electrons. The van der Waals surface area contributed by atoms with Gasteiger partial charge in [0.2, 0.25) is 5.91 Å². The van der Waals surface area contributed by atoms with E-state index in [2.05, 4.69) is 52.7 Å². The van der Waals surface area contributed by atoms with Gasteiger partial charge in [0, 0.05) is 25.7 Å². The highest BCUT2D eigenvalue weighted by Gasteiger charge is 2.32. The minimum atomic E-state index is -0.0248. The van der Waals surface area contributed by atoms with Crippen molar-refractivity contribution in [1.29, 1.82) is 0 Å². The van der Waals surface area contributed by atoms with Gasteiger partial charge in [-0.25, -0.2) is 0 Å². The number of ether oxygens (including phenoxy) is 2. The maximum Gasteiger partial charge on any atom is 0.224 e. The Bertz CT molecular complexity index is 1070. The van der Waals surface area contributed by atoms with E-state index in [0.29, 0.717) is 12.6 Å². The second-order valence-electron chi connectivity index (χ2n) is 8.83. The van der Waals surface area contributed by atoms with Crippen LogP contribution in [0.5, 0.6) is 11.5 Å². The molecule has 3 aromatic carbocycles. The SMILES string of the molecule is COc1cccc(CN2CC(C(=O)NCCc3ccccc3OC)CCC2c2ccccc2)c1. The van der Waals surface area contributed by atoms with Gasteiger partial charge in [0.1, 0.15) is 11.5 Å². The molecule has 0 aliphatic carbocycles. The fourth-order valence-electron chi connectivity index (χ4n) is 4.86. The molecular formula is C29H34N2O3. The molecule has 1 aliphatic heterocycles. The molecule has 0 spiro atoms. The molecule has 5 heteroatoms. The van der Waals surface area contributed by atoms with Crippen LogP contribution in [0.2, 0.25) is 0 Å². The van der Waals surface area contributed by atoms with Crippen molar-refractivity contribution in [3.05, 3.63) is 95.6 Å². The number of nitrogens with one attached hydrogen (secondary N) is 1. The highest BCUT2D eigenvalue weighted by atomic mass is 16.5. The first-order valence-electron chi connectivity index (χ1n) is 12.0. The van der Waals surface area contributed by atoms with Crippen molar-refractivity contribution in [2.45, 2.75) is 31.8 Å². The van der Waals surface area contributed by atoms with Crippen molar-refractivity contribution in [3.8, 4) is 11.5 Å². The summed E-state index contributed by atoms with van der Waals surface area (Å²) in [7, 11) is 3.37. The third kappa shape index (κ3) is 5.97. The average molecular weight is 459 g/mol. The second kappa shape index (κ2) is 11.7. The average Bonchev–Trinajstić information content (AvgIpc) is 2.89. The van der Waals surface area contributed by atoms with Crippen LogP contribution in [0.4, 0.5) is 0 Å². The van der Waals surface area contributed by atoms with E-state index in [9.17, 15) is 4.79 Å². The standard InChI is InChI=1S/C29H34N2O3/c1-33-26-13-8-9-22(19-26)20-31-21-25(15-16-27(31)23-10-4-3-5-11-23)29(32)30-18-17-24-12-6-7-14-28(24)34-2/h3-14,19,25,27H,15-18,20-21H2,1-2H3,(H,30,32). The van der Waals surface area contributed by atoms with Gasteiger partial charge in [-0.1, -0.05) is 60.7 Å². The number of likely N-dealkylation sites (tertiary alicyclic amines) is 1. The Morgan fingerprint density at radius 1 is 0.941 bits per heavy atom. The quantitative estimate of drug-likeness (QED) is 0.489. The molecular weight excluding hydrogens is 424 g/mol. The van der Waals surface area contributed by atoms with E-state index < -0.39 is 0 Å². The van der Waals surface area contributed by atoms with E-state index in [1.54, 1.807) is 14.2 Å². The third-order valence-corrected chi connectivity index (χ3v) is 6.65. The summed E-state index contributed by atoms with van der Waals surface area (Å²) in [5.74, 6) is 1.83. The van der Waals surface area contributed by atoms with Gasteiger partial charge in [0.25, 0.3) is 0 Å². The van der Waals surface area contributed by atoms with Crippen molar-refractivity contribution >= 4 is 5.91 Å². The maximum absolute atomic E-state index is 13.1. The number of nitrogens with zero attached hydrogens (tertiary/aromatic N) is 1. The highest BCUT2D eigenvalue weighted by molar-refractivity contribution is 5.79. The predicted octanol–water partition coefficient (Wildman–Crippen LogP) is 5.02. The normalized spacial score (nSPS) is 18.3. The summed E-state index contributed by atoms with van der Waals surface area (Å²) in [6, 6.07) is 27.1. The zero-order valence-corrected chi connectivity index (χ0v) is 20.1. The first-order valence-corrected chi connectivity index (χ1v) is 12.0. The lowest BCUT2D eigenvalue weighted by Gasteiger charge is -2.39. The van der Waals surface area contributed by atoms with Gasteiger partial charge >= 0.3 is 0 Å². The molecule has 1 amide bonds. The molecule has 1 N–H and O–H groups in total. The molecule has 178 valence electrons. The van der Waals surface area contributed by atoms with Gasteiger partial charge in [-0.15, -0.1) is 0 Å². The Labute approximate surface area is 202 Å². The zero-order chi connectivity index (χ0) is 23.8. The molecule has 2 atom stereocenters. The van der Waals surface area contributed by atoms with Crippen molar-refractivity contribution in [3.63, 3.8) is 0 Å². The number of methoxy groups -OCH3 is 2. The fourth-order valence-corrected chi connectivity index (χ4v) is 4.86. The van der Waals surface area contributed by atoms with E-state index in [4.69, 9.17) is 9.47 Å². The van der Waals surface area contributed by atoms with Gasteiger partial charge in [0.15, 0.2) is 0 Å². The largest absolute Gasteiger partial charge is 0.497 e. The molecule has 4 rings (SSSR count). The number of amides is 1. The minimum Gasteiger partial charge on any atom is -0.497 e. The molecule has 3 aromatic rings. The van der Waals surface area contributed by atoms with Crippen LogP contribution in [-0.4, -0.2) is 38.1 Å². The molecule has 1 aliphatic rings. The highest BCUT2D eigenvalue weighted by Crippen LogP contribution is 2.35. The van der Waals surface area contributed by atoms with Crippen LogP contribution in [-0.2, 0) is 17.8 Å². The van der Waals surface area contributed by atoms with Crippen molar-refractivity contribution in [1.82, 2.24) is 10.2 Å². The number of carbonyl (C=O) groups excluding carboxylic acids is 1. The van der Waals surface area contributed by atoms with Crippen LogP contribution < -0.4 is 14.8 Å². The number of para-hydroxylation sites is 1.